The van der Waals surface area contributed by atoms with E-state index in [1.807, 2.05) is 32.0 Å². The van der Waals surface area contributed by atoms with Gasteiger partial charge in [-0.25, -0.2) is 8.42 Å². The number of rotatable bonds is 6. The number of piperazine rings is 1. The van der Waals surface area contributed by atoms with Crippen molar-refractivity contribution in [2.45, 2.75) is 31.2 Å². The SMILES string of the molecule is COc1ccc(S(=O)(=O)N2CCN(Cc3ccc4c(c3)OCO4)CC2)cc1C(C)C. The van der Waals surface area contributed by atoms with Crippen LogP contribution in [0.3, 0.4) is 0 Å². The molecule has 1 saturated heterocycles. The van der Waals surface area contributed by atoms with Crippen molar-refractivity contribution in [1.29, 1.82) is 0 Å². The fourth-order valence-electron chi connectivity index (χ4n) is 3.90. The first-order valence-electron chi connectivity index (χ1n) is 10.2. The predicted molar refractivity (Wildman–Crippen MR) is 114 cm³/mol. The fourth-order valence-corrected chi connectivity index (χ4v) is 5.36. The molecule has 8 heteroatoms. The third-order valence-corrected chi connectivity index (χ3v) is 7.53. The van der Waals surface area contributed by atoms with Crippen molar-refractivity contribution in [3.05, 3.63) is 47.5 Å². The number of hydrogen-bond donors (Lipinski definition) is 0. The largest absolute Gasteiger partial charge is 0.496 e. The Morgan fingerprint density at radius 1 is 1.00 bits per heavy atom. The number of nitrogens with zero attached hydrogens (tertiary/aromatic N) is 2. The molecule has 4 rings (SSSR count). The average molecular weight is 433 g/mol. The van der Waals surface area contributed by atoms with Crippen LogP contribution in [0.25, 0.3) is 0 Å². The van der Waals surface area contributed by atoms with Crippen LogP contribution in [0.5, 0.6) is 17.2 Å². The summed E-state index contributed by atoms with van der Waals surface area (Å²) in [5.74, 6) is 2.44. The van der Waals surface area contributed by atoms with E-state index >= 15 is 0 Å². The number of methoxy groups -OCH3 is 1. The Hall–Kier alpha value is -2.29. The minimum atomic E-state index is -3.53. The third-order valence-electron chi connectivity index (χ3n) is 5.64. The van der Waals surface area contributed by atoms with Gasteiger partial charge in [0.05, 0.1) is 12.0 Å². The molecule has 0 aromatic heterocycles. The molecule has 0 atom stereocenters. The number of fused-ring (bicyclic) bond motifs is 1. The Bertz CT molecular complexity index is 1010. The van der Waals surface area contributed by atoms with E-state index in [4.69, 9.17) is 14.2 Å². The first-order valence-corrected chi connectivity index (χ1v) is 11.6. The van der Waals surface area contributed by atoms with Crippen LogP contribution in [0, 0.1) is 0 Å². The van der Waals surface area contributed by atoms with Gasteiger partial charge in [0.2, 0.25) is 16.8 Å². The lowest BCUT2D eigenvalue weighted by atomic mass is 10.0. The number of hydrogen-bond acceptors (Lipinski definition) is 6. The second-order valence-corrected chi connectivity index (χ2v) is 9.86. The topological polar surface area (TPSA) is 68.3 Å². The summed E-state index contributed by atoms with van der Waals surface area (Å²) in [6.07, 6.45) is 0. The van der Waals surface area contributed by atoms with Crippen LogP contribution in [0.1, 0.15) is 30.9 Å². The molecular weight excluding hydrogens is 404 g/mol. The van der Waals surface area contributed by atoms with Gasteiger partial charge >= 0.3 is 0 Å². The third kappa shape index (κ3) is 4.12. The van der Waals surface area contributed by atoms with E-state index in [1.54, 1.807) is 29.6 Å². The molecule has 2 aromatic carbocycles. The Labute approximate surface area is 178 Å². The van der Waals surface area contributed by atoms with E-state index in [1.165, 1.54) is 0 Å². The average Bonchev–Trinajstić information content (AvgIpc) is 3.21. The molecular formula is C22H28N2O5S. The Balaban J connectivity index is 1.42. The number of benzene rings is 2. The predicted octanol–water partition coefficient (Wildman–Crippen LogP) is 3.05. The molecule has 0 amide bonds. The van der Waals surface area contributed by atoms with Crippen LogP contribution < -0.4 is 14.2 Å². The zero-order valence-electron chi connectivity index (χ0n) is 17.6. The van der Waals surface area contributed by atoms with Crippen LogP contribution in [0.2, 0.25) is 0 Å². The maximum Gasteiger partial charge on any atom is 0.243 e. The summed E-state index contributed by atoms with van der Waals surface area (Å²) in [6.45, 7) is 7.38. The molecule has 2 aromatic rings. The summed E-state index contributed by atoms with van der Waals surface area (Å²) >= 11 is 0. The molecule has 0 saturated carbocycles. The van der Waals surface area contributed by atoms with Crippen LogP contribution in [0.15, 0.2) is 41.3 Å². The normalized spacial score (nSPS) is 17.5. The minimum absolute atomic E-state index is 0.175. The molecule has 0 spiro atoms. The highest BCUT2D eigenvalue weighted by atomic mass is 32.2. The van der Waals surface area contributed by atoms with E-state index in [0.29, 0.717) is 31.1 Å². The van der Waals surface area contributed by atoms with E-state index in [2.05, 4.69) is 4.90 Å². The van der Waals surface area contributed by atoms with Gasteiger partial charge in [0.25, 0.3) is 0 Å². The quantitative estimate of drug-likeness (QED) is 0.699. The molecule has 2 aliphatic heterocycles. The van der Waals surface area contributed by atoms with Crippen molar-refractivity contribution in [1.82, 2.24) is 9.21 Å². The lowest BCUT2D eigenvalue weighted by Crippen LogP contribution is -2.48. The highest BCUT2D eigenvalue weighted by Crippen LogP contribution is 2.33. The Kier molecular flexibility index (Phi) is 5.90. The summed E-state index contributed by atoms with van der Waals surface area (Å²) in [4.78, 5) is 2.59. The minimum Gasteiger partial charge on any atom is -0.496 e. The van der Waals surface area contributed by atoms with Crippen molar-refractivity contribution >= 4 is 10.0 Å². The highest BCUT2D eigenvalue weighted by Gasteiger charge is 2.29. The van der Waals surface area contributed by atoms with Crippen LogP contribution >= 0.6 is 0 Å². The van der Waals surface area contributed by atoms with E-state index < -0.39 is 10.0 Å². The van der Waals surface area contributed by atoms with Crippen LogP contribution in [0.4, 0.5) is 0 Å². The van der Waals surface area contributed by atoms with Crippen LogP contribution in [-0.4, -0.2) is 57.7 Å². The zero-order valence-corrected chi connectivity index (χ0v) is 18.4. The molecule has 162 valence electrons. The molecule has 0 bridgehead atoms. The lowest BCUT2D eigenvalue weighted by molar-refractivity contribution is 0.173. The summed E-state index contributed by atoms with van der Waals surface area (Å²) in [6, 6.07) is 11.1. The monoisotopic (exact) mass is 432 g/mol. The van der Waals surface area contributed by atoms with Crippen molar-refractivity contribution in [2.24, 2.45) is 0 Å². The molecule has 30 heavy (non-hydrogen) atoms. The number of sulfonamides is 1. The molecule has 7 nitrogen and oxygen atoms in total. The Morgan fingerprint density at radius 2 is 1.73 bits per heavy atom. The molecule has 0 radical (unpaired) electrons. The molecule has 2 heterocycles. The smallest absolute Gasteiger partial charge is 0.243 e. The van der Waals surface area contributed by atoms with E-state index in [9.17, 15) is 8.42 Å². The van der Waals surface area contributed by atoms with Crippen LogP contribution in [-0.2, 0) is 16.6 Å². The van der Waals surface area contributed by atoms with Gasteiger partial charge in [0.1, 0.15) is 5.75 Å². The Morgan fingerprint density at radius 3 is 2.43 bits per heavy atom. The zero-order chi connectivity index (χ0) is 21.3. The molecule has 0 unspecified atom stereocenters. The van der Waals surface area contributed by atoms with Gasteiger partial charge in [-0.15, -0.1) is 0 Å². The van der Waals surface area contributed by atoms with E-state index in [-0.39, 0.29) is 12.7 Å². The number of ether oxygens (including phenoxy) is 3. The van der Waals surface area contributed by atoms with Crippen molar-refractivity contribution < 1.29 is 22.6 Å². The maximum atomic E-state index is 13.2. The fraction of sp³-hybridized carbons (Fsp3) is 0.455. The molecule has 0 N–H and O–H groups in total. The summed E-state index contributed by atoms with van der Waals surface area (Å²) < 4.78 is 44.1. The maximum absolute atomic E-state index is 13.2. The van der Waals surface area contributed by atoms with Crippen molar-refractivity contribution in [2.75, 3.05) is 40.1 Å². The van der Waals surface area contributed by atoms with Gasteiger partial charge in [-0.05, 0) is 47.4 Å². The van der Waals surface area contributed by atoms with E-state index in [0.717, 1.165) is 34.9 Å². The van der Waals surface area contributed by atoms with Gasteiger partial charge in [-0.3, -0.25) is 4.90 Å². The van der Waals surface area contributed by atoms with Crippen molar-refractivity contribution in [3.63, 3.8) is 0 Å². The van der Waals surface area contributed by atoms with Gasteiger partial charge in [0, 0.05) is 32.7 Å². The standard InChI is InChI=1S/C22H28N2O5S/c1-16(2)19-13-18(5-7-20(19)27-3)30(25,26)24-10-8-23(9-11-24)14-17-4-6-21-22(12-17)29-15-28-21/h4-7,12-13,16H,8-11,14-15H2,1-3H3. The lowest BCUT2D eigenvalue weighted by Gasteiger charge is -2.34. The summed E-state index contributed by atoms with van der Waals surface area (Å²) in [5.41, 5.74) is 2.03. The van der Waals surface area contributed by atoms with Crippen molar-refractivity contribution in [3.8, 4) is 17.2 Å². The first kappa shape index (κ1) is 21.0. The second kappa shape index (κ2) is 8.45. The second-order valence-electron chi connectivity index (χ2n) is 7.93. The summed E-state index contributed by atoms with van der Waals surface area (Å²) in [7, 11) is -1.93. The van der Waals surface area contributed by atoms with Gasteiger partial charge < -0.3 is 14.2 Å². The van der Waals surface area contributed by atoms with Gasteiger partial charge in [-0.2, -0.15) is 4.31 Å². The van der Waals surface area contributed by atoms with Gasteiger partial charge in [-0.1, -0.05) is 19.9 Å². The van der Waals surface area contributed by atoms with Gasteiger partial charge in [0.15, 0.2) is 11.5 Å². The first-order chi connectivity index (χ1) is 14.4. The molecule has 1 fully saturated rings. The summed E-state index contributed by atoms with van der Waals surface area (Å²) in [5, 5.41) is 0. The highest BCUT2D eigenvalue weighted by molar-refractivity contribution is 7.89. The molecule has 2 aliphatic rings. The molecule has 0 aliphatic carbocycles.